The van der Waals surface area contributed by atoms with E-state index in [0.717, 1.165) is 15.9 Å². The zero-order valence-electron chi connectivity index (χ0n) is 13.3. The molecule has 1 aliphatic rings. The van der Waals surface area contributed by atoms with Crippen molar-refractivity contribution in [3.05, 3.63) is 78.5 Å². The first kappa shape index (κ1) is 31.5. The van der Waals surface area contributed by atoms with E-state index < -0.39 is 0 Å². The Kier molecular flexibility index (Phi) is 24.1. The summed E-state index contributed by atoms with van der Waals surface area (Å²) < 4.78 is 1.07. The fourth-order valence-electron chi connectivity index (χ4n) is 1.73. The minimum atomic E-state index is 0. The minimum absolute atomic E-state index is 0. The number of allylic oxidation sites excluding steroid dienone is 4. The van der Waals surface area contributed by atoms with Crippen LogP contribution in [0.25, 0.3) is 10.8 Å². The van der Waals surface area contributed by atoms with Gasteiger partial charge in [0.25, 0.3) is 0 Å². The van der Waals surface area contributed by atoms with Crippen LogP contribution in [0.2, 0.25) is 5.02 Å². The van der Waals surface area contributed by atoms with E-state index in [1.165, 1.54) is 39.7 Å². The molecule has 0 spiro atoms. The van der Waals surface area contributed by atoms with E-state index in [9.17, 15) is 0 Å². The normalized spacial score (nSPS) is 9.65. The predicted octanol–water partition coefficient (Wildman–Crippen LogP) is 6.95. The SMILES string of the molecule is Cc1cc2c(Br)cc(Cl)cc2[cH-]1.Cl.Cl.[C-]1=CC=CC1.[CH3-].[CH3-].[Si]=[Zr]. The molecule has 0 fully saturated rings. The summed E-state index contributed by atoms with van der Waals surface area (Å²) in [6.45, 7) is 5.15. The van der Waals surface area contributed by atoms with Gasteiger partial charge in [-0.2, -0.15) is 12.1 Å². The molecule has 0 unspecified atom stereocenters. The fraction of sp³-hybridized carbons (Fsp3) is 0.118. The number of rotatable bonds is 0. The van der Waals surface area contributed by atoms with Crippen molar-refractivity contribution in [3.63, 3.8) is 0 Å². The Hall–Kier alpha value is 0.760. The van der Waals surface area contributed by atoms with Crippen LogP contribution in [0.5, 0.6) is 0 Å². The Labute approximate surface area is 183 Å². The van der Waals surface area contributed by atoms with Crippen LogP contribution in [0.3, 0.4) is 0 Å². The molecule has 0 nitrogen and oxygen atoms in total. The second kappa shape index (κ2) is 17.6. The molecule has 2 radical (unpaired) electrons. The Bertz CT molecular complexity index is 599. The van der Waals surface area contributed by atoms with Crippen molar-refractivity contribution in [2.45, 2.75) is 13.3 Å². The van der Waals surface area contributed by atoms with Gasteiger partial charge in [-0.3, -0.25) is 6.08 Å². The van der Waals surface area contributed by atoms with Crippen LogP contribution in [0, 0.1) is 27.9 Å². The summed E-state index contributed by atoms with van der Waals surface area (Å²) in [4.78, 5) is 0. The third kappa shape index (κ3) is 11.1. The molecule has 0 heterocycles. The monoisotopic (exact) mass is 526 g/mol. The van der Waals surface area contributed by atoms with Crippen molar-refractivity contribution >= 4 is 70.0 Å². The summed E-state index contributed by atoms with van der Waals surface area (Å²) in [6.07, 6.45) is 10.0. The number of benzene rings is 1. The summed E-state index contributed by atoms with van der Waals surface area (Å²) in [7, 11) is 0. The van der Waals surface area contributed by atoms with Crippen LogP contribution in [0.1, 0.15) is 12.0 Å². The van der Waals surface area contributed by atoms with Crippen molar-refractivity contribution in [2.75, 3.05) is 0 Å². The van der Waals surface area contributed by atoms with Gasteiger partial charge in [-0.25, -0.2) is 12.2 Å². The molecule has 6 heteroatoms. The Morgan fingerprint density at radius 3 is 2.26 bits per heavy atom. The van der Waals surface area contributed by atoms with Crippen molar-refractivity contribution in [3.8, 4) is 0 Å². The quantitative estimate of drug-likeness (QED) is 0.256. The molecule has 23 heavy (non-hydrogen) atoms. The van der Waals surface area contributed by atoms with Gasteiger partial charge < -0.3 is 14.9 Å². The predicted molar refractivity (Wildman–Crippen MR) is 112 cm³/mol. The van der Waals surface area contributed by atoms with E-state index in [-0.39, 0.29) is 39.7 Å². The zero-order chi connectivity index (χ0) is 14.3. The topological polar surface area (TPSA) is 0 Å². The van der Waals surface area contributed by atoms with Crippen molar-refractivity contribution in [1.82, 2.24) is 0 Å². The number of fused-ring (bicyclic) bond motifs is 1. The van der Waals surface area contributed by atoms with E-state index in [4.69, 9.17) is 11.6 Å². The average molecular weight is 530 g/mol. The summed E-state index contributed by atoms with van der Waals surface area (Å²) in [5.74, 6) is 0. The molecule has 1 aliphatic carbocycles. The van der Waals surface area contributed by atoms with Gasteiger partial charge in [-0.15, -0.1) is 59.7 Å². The van der Waals surface area contributed by atoms with E-state index in [1.807, 2.05) is 24.3 Å². The van der Waals surface area contributed by atoms with Crippen LogP contribution in [0.15, 0.2) is 47.0 Å². The molecule has 0 atom stereocenters. The first-order chi connectivity index (χ1) is 9.16. The second-order valence-electron chi connectivity index (χ2n) is 3.93. The molecule has 0 amide bonds. The van der Waals surface area contributed by atoms with Gasteiger partial charge in [0, 0.05) is 5.02 Å². The molecule has 0 saturated heterocycles. The zero-order valence-corrected chi connectivity index (χ0v) is 20.8. The maximum absolute atomic E-state index is 5.90. The second-order valence-corrected chi connectivity index (χ2v) is 5.22. The first-order valence-electron chi connectivity index (χ1n) is 5.65. The third-order valence-corrected chi connectivity index (χ3v) is 3.34. The first-order valence-corrected chi connectivity index (χ1v) is 11.0. The summed E-state index contributed by atoms with van der Waals surface area (Å²) in [6, 6.07) is 8.18. The van der Waals surface area contributed by atoms with Crippen LogP contribution in [0.4, 0.5) is 0 Å². The average Bonchev–Trinajstić information content (AvgIpc) is 3.03. The van der Waals surface area contributed by atoms with Gasteiger partial charge in [0.1, 0.15) is 0 Å². The Balaban J connectivity index is -0.000000143. The standard InChI is InChI=1S/C10H7BrCl.C5H5.2CH3.2ClH.Si.Zr/c1-6-2-7-4-8(12)5-10(11)9(7)3-6;1-2-4-5-3-1;;;;;;/h2-5H,1H3;1-3H,4H2;2*1H3;2*1H;;/q4*-1;;;;. The molecule has 128 valence electrons. The maximum atomic E-state index is 5.90. The number of halogens is 4. The summed E-state index contributed by atoms with van der Waals surface area (Å²) in [5, 5.41) is 3.21. The van der Waals surface area contributed by atoms with Crippen LogP contribution in [-0.4, -0.2) is 6.88 Å². The van der Waals surface area contributed by atoms with Gasteiger partial charge >= 0.3 is 30.2 Å². The fourth-order valence-corrected chi connectivity index (χ4v) is 2.68. The number of hydrogen-bond donors (Lipinski definition) is 0. The molecule has 0 aliphatic heterocycles. The third-order valence-electron chi connectivity index (χ3n) is 2.47. The van der Waals surface area contributed by atoms with Gasteiger partial charge in [-0.1, -0.05) is 34.5 Å². The Morgan fingerprint density at radius 2 is 1.83 bits per heavy atom. The van der Waals surface area contributed by atoms with Crippen molar-refractivity contribution in [2.24, 2.45) is 0 Å². The van der Waals surface area contributed by atoms with Crippen molar-refractivity contribution < 1.29 is 23.3 Å². The summed E-state index contributed by atoms with van der Waals surface area (Å²) in [5.41, 5.74) is 1.27. The molecular weight excluding hydrogens is 510 g/mol. The Morgan fingerprint density at radius 1 is 1.22 bits per heavy atom. The van der Waals surface area contributed by atoms with Gasteiger partial charge in [-0.05, 0) is 10.5 Å². The molecule has 3 rings (SSSR count). The van der Waals surface area contributed by atoms with Crippen LogP contribution in [-0.2, 0) is 23.3 Å². The van der Waals surface area contributed by atoms with E-state index >= 15 is 0 Å². The van der Waals surface area contributed by atoms with Crippen molar-refractivity contribution in [1.29, 1.82) is 0 Å². The van der Waals surface area contributed by atoms with E-state index in [2.05, 4.69) is 54.0 Å². The van der Waals surface area contributed by atoms with Crippen LogP contribution >= 0.6 is 52.3 Å². The molecule has 2 aromatic rings. The number of hydrogen-bond acceptors (Lipinski definition) is 0. The van der Waals surface area contributed by atoms with Gasteiger partial charge in [0.05, 0.1) is 0 Å². The van der Waals surface area contributed by atoms with E-state index in [1.54, 1.807) is 0 Å². The van der Waals surface area contributed by atoms with Crippen LogP contribution < -0.4 is 0 Å². The van der Waals surface area contributed by atoms with Gasteiger partial charge in [0.2, 0.25) is 0 Å². The molecule has 0 aromatic heterocycles. The summed E-state index contributed by atoms with van der Waals surface area (Å²) >= 11 is 10.7. The molecule has 2 aromatic carbocycles. The molecule has 0 saturated carbocycles. The van der Waals surface area contributed by atoms with E-state index in [0.29, 0.717) is 0 Å². The molecule has 0 bridgehead atoms. The number of aryl methyl sites for hydroxylation is 1. The molecule has 0 N–H and O–H groups in total. The van der Waals surface area contributed by atoms with Gasteiger partial charge in [0.15, 0.2) is 0 Å². The molecular formula is C17H20BrCl3SiZr-4.